The van der Waals surface area contributed by atoms with Crippen molar-refractivity contribution in [3.05, 3.63) is 102 Å². The SMILES string of the molecule is O=C1/C(=C/c2ccc(-c3cnc4ccccc4c3)cc2)Oc2ccccc21. The fourth-order valence-corrected chi connectivity index (χ4v) is 3.29. The fraction of sp³-hybridized carbons (Fsp3) is 0. The molecule has 0 amide bonds. The van der Waals surface area contributed by atoms with Crippen molar-refractivity contribution in [3.8, 4) is 16.9 Å². The number of aromatic nitrogens is 1. The van der Waals surface area contributed by atoms with Crippen LogP contribution in [-0.2, 0) is 0 Å². The zero-order valence-electron chi connectivity index (χ0n) is 14.4. The molecule has 3 nitrogen and oxygen atoms in total. The van der Waals surface area contributed by atoms with Crippen molar-refractivity contribution in [3.63, 3.8) is 0 Å². The zero-order valence-corrected chi connectivity index (χ0v) is 14.4. The van der Waals surface area contributed by atoms with Crippen LogP contribution >= 0.6 is 0 Å². The Balaban J connectivity index is 1.44. The lowest BCUT2D eigenvalue weighted by Crippen LogP contribution is -1.97. The van der Waals surface area contributed by atoms with Crippen LogP contribution in [0.25, 0.3) is 28.1 Å². The first-order valence-electron chi connectivity index (χ1n) is 8.76. The molecule has 0 spiro atoms. The summed E-state index contributed by atoms with van der Waals surface area (Å²) in [6.07, 6.45) is 3.67. The van der Waals surface area contributed by atoms with Crippen molar-refractivity contribution in [1.29, 1.82) is 0 Å². The van der Waals surface area contributed by atoms with Gasteiger partial charge in [0.2, 0.25) is 5.78 Å². The predicted octanol–water partition coefficient (Wildman–Crippen LogP) is 5.52. The van der Waals surface area contributed by atoms with Gasteiger partial charge < -0.3 is 4.74 Å². The van der Waals surface area contributed by atoms with Crippen molar-refractivity contribution in [2.75, 3.05) is 0 Å². The van der Waals surface area contributed by atoms with Crippen LogP contribution < -0.4 is 4.74 Å². The molecule has 0 atom stereocenters. The van der Waals surface area contributed by atoms with Gasteiger partial charge in [0.05, 0.1) is 11.1 Å². The van der Waals surface area contributed by atoms with Crippen LogP contribution in [0, 0.1) is 0 Å². The number of para-hydroxylation sites is 2. The van der Waals surface area contributed by atoms with Gasteiger partial charge in [-0.3, -0.25) is 9.78 Å². The average Bonchev–Trinajstić information content (AvgIpc) is 3.04. The number of Topliss-reactive ketones (excluding diaryl/α,β-unsaturated/α-hetero) is 1. The number of rotatable bonds is 2. The van der Waals surface area contributed by atoms with E-state index in [1.807, 2.05) is 66.9 Å². The third-order valence-electron chi connectivity index (χ3n) is 4.71. The summed E-state index contributed by atoms with van der Waals surface area (Å²) in [6, 6.07) is 25.5. The summed E-state index contributed by atoms with van der Waals surface area (Å²) in [5, 5.41) is 1.11. The predicted molar refractivity (Wildman–Crippen MR) is 107 cm³/mol. The van der Waals surface area contributed by atoms with Gasteiger partial charge >= 0.3 is 0 Å². The number of nitrogens with zero attached hydrogens (tertiary/aromatic N) is 1. The van der Waals surface area contributed by atoms with E-state index in [1.54, 1.807) is 12.1 Å². The van der Waals surface area contributed by atoms with Crippen LogP contribution in [0.2, 0.25) is 0 Å². The van der Waals surface area contributed by atoms with Crippen LogP contribution in [0.3, 0.4) is 0 Å². The molecule has 2 heterocycles. The number of ether oxygens (including phenoxy) is 1. The molecule has 1 aromatic heterocycles. The number of carbonyl (C=O) groups is 1. The molecule has 0 radical (unpaired) electrons. The Morgan fingerprint density at radius 3 is 2.44 bits per heavy atom. The number of pyridine rings is 1. The van der Waals surface area contributed by atoms with E-state index in [4.69, 9.17) is 4.74 Å². The topological polar surface area (TPSA) is 39.2 Å². The van der Waals surface area contributed by atoms with Crippen LogP contribution in [0.4, 0.5) is 0 Å². The number of ketones is 1. The molecule has 1 aliphatic heterocycles. The maximum Gasteiger partial charge on any atom is 0.231 e. The van der Waals surface area contributed by atoms with Gasteiger partial charge in [-0.25, -0.2) is 0 Å². The van der Waals surface area contributed by atoms with Crippen molar-refractivity contribution in [1.82, 2.24) is 4.98 Å². The first-order chi connectivity index (χ1) is 13.3. The lowest BCUT2D eigenvalue weighted by molar-refractivity contribution is 0.101. The van der Waals surface area contributed by atoms with Gasteiger partial charge in [-0.1, -0.05) is 54.6 Å². The molecule has 0 saturated heterocycles. The standard InChI is InChI=1S/C24H15NO2/c26-24-20-6-2-4-8-22(20)27-23(24)13-16-9-11-17(12-10-16)19-14-18-5-1-3-7-21(18)25-15-19/h1-15H/b23-13-. The summed E-state index contributed by atoms with van der Waals surface area (Å²) in [6.45, 7) is 0. The highest BCUT2D eigenvalue weighted by Crippen LogP contribution is 2.31. The van der Waals surface area contributed by atoms with Gasteiger partial charge in [0, 0.05) is 17.1 Å². The number of benzene rings is 3. The van der Waals surface area contributed by atoms with Gasteiger partial charge in [0.1, 0.15) is 5.75 Å². The number of hydrogen-bond donors (Lipinski definition) is 0. The third kappa shape index (κ3) is 2.79. The van der Waals surface area contributed by atoms with E-state index in [0.29, 0.717) is 17.1 Å². The monoisotopic (exact) mass is 349 g/mol. The second kappa shape index (κ2) is 6.22. The third-order valence-corrected chi connectivity index (χ3v) is 4.71. The molecule has 0 N–H and O–H groups in total. The molecule has 0 bridgehead atoms. The van der Waals surface area contributed by atoms with E-state index in [-0.39, 0.29) is 5.78 Å². The van der Waals surface area contributed by atoms with Gasteiger partial charge in [-0.2, -0.15) is 0 Å². The van der Waals surface area contributed by atoms with Crippen molar-refractivity contribution < 1.29 is 9.53 Å². The Bertz CT molecular complexity index is 1210. The molecule has 128 valence electrons. The van der Waals surface area contributed by atoms with Crippen LogP contribution in [-0.4, -0.2) is 10.8 Å². The maximum absolute atomic E-state index is 12.4. The van der Waals surface area contributed by atoms with E-state index in [2.05, 4.69) is 17.1 Å². The van der Waals surface area contributed by atoms with Crippen LogP contribution in [0.1, 0.15) is 15.9 Å². The summed E-state index contributed by atoms with van der Waals surface area (Å²) in [7, 11) is 0. The number of hydrogen-bond acceptors (Lipinski definition) is 3. The van der Waals surface area contributed by atoms with Gasteiger partial charge in [-0.05, 0) is 41.5 Å². The minimum absolute atomic E-state index is 0.0756. The molecule has 27 heavy (non-hydrogen) atoms. The van der Waals surface area contributed by atoms with Crippen LogP contribution in [0.15, 0.2) is 90.8 Å². The van der Waals surface area contributed by atoms with Gasteiger partial charge in [-0.15, -0.1) is 0 Å². The van der Waals surface area contributed by atoms with Crippen molar-refractivity contribution in [2.24, 2.45) is 0 Å². The van der Waals surface area contributed by atoms with E-state index < -0.39 is 0 Å². The second-order valence-corrected chi connectivity index (χ2v) is 6.47. The Morgan fingerprint density at radius 2 is 1.59 bits per heavy atom. The summed E-state index contributed by atoms with van der Waals surface area (Å²) in [5.41, 5.74) is 4.66. The molecule has 0 saturated carbocycles. The Kier molecular flexibility index (Phi) is 3.58. The summed E-state index contributed by atoms with van der Waals surface area (Å²) >= 11 is 0. The zero-order chi connectivity index (χ0) is 18.2. The molecule has 3 heteroatoms. The van der Waals surface area contributed by atoms with Crippen LogP contribution in [0.5, 0.6) is 5.75 Å². The highest BCUT2D eigenvalue weighted by atomic mass is 16.5. The van der Waals surface area contributed by atoms with Gasteiger partial charge in [0.15, 0.2) is 5.76 Å². The Hall–Kier alpha value is -3.72. The van der Waals surface area contributed by atoms with Gasteiger partial charge in [0.25, 0.3) is 0 Å². The molecule has 3 aromatic carbocycles. The number of fused-ring (bicyclic) bond motifs is 2. The molecule has 0 fully saturated rings. The molecule has 0 aliphatic carbocycles. The fourth-order valence-electron chi connectivity index (χ4n) is 3.29. The van der Waals surface area contributed by atoms with Crippen molar-refractivity contribution in [2.45, 2.75) is 0 Å². The maximum atomic E-state index is 12.4. The van der Waals surface area contributed by atoms with E-state index in [9.17, 15) is 4.79 Å². The molecule has 5 rings (SSSR count). The molecule has 4 aromatic rings. The van der Waals surface area contributed by atoms with E-state index in [0.717, 1.165) is 27.6 Å². The molecule has 1 aliphatic rings. The normalized spacial score (nSPS) is 14.4. The molecular weight excluding hydrogens is 334 g/mol. The molecule has 0 unspecified atom stereocenters. The highest BCUT2D eigenvalue weighted by Gasteiger charge is 2.26. The smallest absolute Gasteiger partial charge is 0.231 e. The first kappa shape index (κ1) is 15.5. The minimum Gasteiger partial charge on any atom is -0.452 e. The summed E-state index contributed by atoms with van der Waals surface area (Å²) < 4.78 is 5.69. The average molecular weight is 349 g/mol. The van der Waals surface area contributed by atoms with Crippen molar-refractivity contribution >= 4 is 22.8 Å². The number of carbonyl (C=O) groups excluding carboxylic acids is 1. The minimum atomic E-state index is -0.0756. The lowest BCUT2D eigenvalue weighted by Gasteiger charge is -2.04. The van der Waals surface area contributed by atoms with E-state index >= 15 is 0 Å². The Morgan fingerprint density at radius 1 is 0.815 bits per heavy atom. The first-order valence-corrected chi connectivity index (χ1v) is 8.76. The number of allylic oxidation sites excluding steroid dienone is 1. The summed E-state index contributed by atoms with van der Waals surface area (Å²) in [5.74, 6) is 0.900. The lowest BCUT2D eigenvalue weighted by atomic mass is 10.0. The second-order valence-electron chi connectivity index (χ2n) is 6.47. The van der Waals surface area contributed by atoms with E-state index in [1.165, 1.54) is 0 Å². The quantitative estimate of drug-likeness (QED) is 0.447. The molecular formula is C24H15NO2. The highest BCUT2D eigenvalue weighted by molar-refractivity contribution is 6.14. The summed E-state index contributed by atoms with van der Waals surface area (Å²) in [4.78, 5) is 16.9. The Labute approximate surface area is 156 Å². The largest absolute Gasteiger partial charge is 0.452 e.